The van der Waals surface area contributed by atoms with Crippen molar-refractivity contribution in [3.05, 3.63) is 58.6 Å². The van der Waals surface area contributed by atoms with Gasteiger partial charge >= 0.3 is 0 Å². The van der Waals surface area contributed by atoms with E-state index in [9.17, 15) is 13.2 Å². The van der Waals surface area contributed by atoms with E-state index in [2.05, 4.69) is 4.72 Å². The molecule has 1 aliphatic carbocycles. The summed E-state index contributed by atoms with van der Waals surface area (Å²) < 4.78 is 34.0. The lowest BCUT2D eigenvalue weighted by Gasteiger charge is -2.22. The summed E-state index contributed by atoms with van der Waals surface area (Å²) in [7, 11) is -2.39. The van der Waals surface area contributed by atoms with Gasteiger partial charge in [-0.2, -0.15) is 0 Å². The van der Waals surface area contributed by atoms with Gasteiger partial charge in [-0.25, -0.2) is 13.1 Å². The minimum absolute atomic E-state index is 0.0171. The Bertz CT molecular complexity index is 1000. The van der Waals surface area contributed by atoms with E-state index in [0.29, 0.717) is 18.1 Å². The number of carbonyl (C=O) groups excluding carboxylic acids is 1. The maximum atomic E-state index is 13.1. The van der Waals surface area contributed by atoms with E-state index >= 15 is 0 Å². The highest BCUT2D eigenvalue weighted by atomic mass is 35.5. The first-order chi connectivity index (χ1) is 14.4. The van der Waals surface area contributed by atoms with Crippen LogP contribution in [0.3, 0.4) is 0 Å². The maximum Gasteiger partial charge on any atom is 0.254 e. The van der Waals surface area contributed by atoms with Crippen LogP contribution >= 0.6 is 11.6 Å². The summed E-state index contributed by atoms with van der Waals surface area (Å²) in [5, 5.41) is 0.586. The van der Waals surface area contributed by atoms with Crippen molar-refractivity contribution in [1.82, 2.24) is 9.62 Å². The molecule has 1 aliphatic rings. The molecule has 0 atom stereocenters. The normalized spacial score (nSPS) is 14.6. The van der Waals surface area contributed by atoms with Gasteiger partial charge in [0.05, 0.1) is 7.11 Å². The number of rotatable bonds is 8. The quantitative estimate of drug-likeness (QED) is 0.652. The van der Waals surface area contributed by atoms with Crippen LogP contribution in [-0.4, -0.2) is 38.9 Å². The minimum Gasteiger partial charge on any atom is -0.495 e. The summed E-state index contributed by atoms with van der Waals surface area (Å²) in [6.07, 6.45) is 3.66. The van der Waals surface area contributed by atoms with Gasteiger partial charge in [0.25, 0.3) is 5.91 Å². The van der Waals surface area contributed by atoms with Gasteiger partial charge < -0.3 is 9.64 Å². The van der Waals surface area contributed by atoms with Crippen molar-refractivity contribution in [2.75, 3.05) is 13.7 Å². The lowest BCUT2D eigenvalue weighted by molar-refractivity contribution is 0.0752. The van der Waals surface area contributed by atoms with Crippen molar-refractivity contribution in [3.63, 3.8) is 0 Å². The summed E-state index contributed by atoms with van der Waals surface area (Å²) in [6.45, 7) is 2.67. The number of nitrogens with zero attached hydrogens (tertiary/aromatic N) is 1. The smallest absolute Gasteiger partial charge is 0.254 e. The summed E-state index contributed by atoms with van der Waals surface area (Å²) in [6, 6.07) is 11.8. The molecule has 30 heavy (non-hydrogen) atoms. The van der Waals surface area contributed by atoms with Crippen LogP contribution in [0.25, 0.3) is 0 Å². The van der Waals surface area contributed by atoms with E-state index in [1.807, 2.05) is 25.1 Å². The molecule has 0 aromatic heterocycles. The molecule has 0 radical (unpaired) electrons. The number of benzene rings is 2. The predicted octanol–water partition coefficient (Wildman–Crippen LogP) is 4.23. The van der Waals surface area contributed by atoms with Crippen LogP contribution in [-0.2, 0) is 16.6 Å². The molecule has 1 N–H and O–H groups in total. The lowest BCUT2D eigenvalue weighted by Crippen LogP contribution is -2.33. The largest absolute Gasteiger partial charge is 0.495 e. The summed E-state index contributed by atoms with van der Waals surface area (Å²) >= 11 is 6.24. The molecule has 2 aromatic rings. The second-order valence-corrected chi connectivity index (χ2v) is 9.47. The van der Waals surface area contributed by atoms with Crippen LogP contribution in [0.2, 0.25) is 5.02 Å². The van der Waals surface area contributed by atoms with Gasteiger partial charge in [-0.1, -0.05) is 42.6 Å². The van der Waals surface area contributed by atoms with Crippen molar-refractivity contribution >= 4 is 27.5 Å². The van der Waals surface area contributed by atoms with Crippen LogP contribution in [0.15, 0.2) is 47.4 Å². The number of hydrogen-bond donors (Lipinski definition) is 1. The first kappa shape index (κ1) is 22.6. The van der Waals surface area contributed by atoms with Crippen LogP contribution in [0.1, 0.15) is 48.5 Å². The summed E-state index contributed by atoms with van der Waals surface area (Å²) in [4.78, 5) is 14.8. The minimum atomic E-state index is -3.81. The highest BCUT2D eigenvalue weighted by molar-refractivity contribution is 7.89. The van der Waals surface area contributed by atoms with Crippen LogP contribution in [0.5, 0.6) is 5.75 Å². The average Bonchev–Trinajstić information content (AvgIpc) is 3.24. The van der Waals surface area contributed by atoms with Crippen molar-refractivity contribution in [2.24, 2.45) is 0 Å². The fraction of sp³-hybridized carbons (Fsp3) is 0.409. The van der Waals surface area contributed by atoms with Gasteiger partial charge in [-0.05, 0) is 49.6 Å². The van der Waals surface area contributed by atoms with Gasteiger partial charge in [0.1, 0.15) is 10.6 Å². The Kier molecular flexibility index (Phi) is 7.39. The van der Waals surface area contributed by atoms with Crippen LogP contribution in [0.4, 0.5) is 0 Å². The zero-order valence-electron chi connectivity index (χ0n) is 17.2. The number of hydrogen-bond acceptors (Lipinski definition) is 4. The molecule has 0 heterocycles. The Labute approximate surface area is 183 Å². The fourth-order valence-electron chi connectivity index (χ4n) is 3.69. The Morgan fingerprint density at radius 2 is 1.90 bits per heavy atom. The zero-order chi connectivity index (χ0) is 21.7. The number of ether oxygens (including phenoxy) is 1. The van der Waals surface area contributed by atoms with E-state index in [0.717, 1.165) is 31.2 Å². The van der Waals surface area contributed by atoms with Crippen molar-refractivity contribution in [2.45, 2.75) is 50.1 Å². The van der Waals surface area contributed by atoms with Crippen LogP contribution in [0, 0.1) is 0 Å². The molecule has 6 nitrogen and oxygen atoms in total. The molecule has 2 aromatic carbocycles. The Morgan fingerprint density at radius 3 is 2.53 bits per heavy atom. The Hall–Kier alpha value is -2.09. The third-order valence-corrected chi connectivity index (χ3v) is 7.28. The SMILES string of the molecule is CCN(Cc1ccccc1Cl)C(=O)c1ccc(OC)c(S(=O)(=O)NC2CCCC2)c1. The molecular weight excluding hydrogens is 424 g/mol. The number of halogens is 1. The molecule has 1 amide bonds. The molecule has 0 spiro atoms. The maximum absolute atomic E-state index is 13.1. The molecule has 0 bridgehead atoms. The first-order valence-electron chi connectivity index (χ1n) is 10.1. The van der Waals surface area contributed by atoms with E-state index in [-0.39, 0.29) is 28.2 Å². The van der Waals surface area contributed by atoms with E-state index in [1.54, 1.807) is 17.0 Å². The molecule has 8 heteroatoms. The number of amides is 1. The van der Waals surface area contributed by atoms with Crippen molar-refractivity contribution in [1.29, 1.82) is 0 Å². The highest BCUT2D eigenvalue weighted by Crippen LogP contribution is 2.28. The fourth-order valence-corrected chi connectivity index (χ4v) is 5.38. The highest BCUT2D eigenvalue weighted by Gasteiger charge is 2.27. The predicted molar refractivity (Wildman–Crippen MR) is 117 cm³/mol. The van der Waals surface area contributed by atoms with E-state index in [4.69, 9.17) is 16.3 Å². The average molecular weight is 451 g/mol. The second kappa shape index (κ2) is 9.81. The lowest BCUT2D eigenvalue weighted by atomic mass is 10.1. The second-order valence-electron chi connectivity index (χ2n) is 7.38. The van der Waals surface area contributed by atoms with Gasteiger partial charge in [-0.3, -0.25) is 4.79 Å². The third-order valence-electron chi connectivity index (χ3n) is 5.37. The molecule has 162 valence electrons. The zero-order valence-corrected chi connectivity index (χ0v) is 18.8. The standard InChI is InChI=1S/C22H27ClN2O4S/c1-3-25(15-17-8-4-7-11-19(17)23)22(26)16-12-13-20(29-2)21(14-16)30(27,28)24-18-9-5-6-10-18/h4,7-8,11-14,18,24H,3,5-6,9-10,15H2,1-2H3. The number of carbonyl (C=O) groups is 1. The molecule has 1 fully saturated rings. The van der Waals surface area contributed by atoms with Gasteiger partial charge in [0.2, 0.25) is 10.0 Å². The number of methoxy groups -OCH3 is 1. The summed E-state index contributed by atoms with van der Waals surface area (Å²) in [5.41, 5.74) is 1.12. The van der Waals surface area contributed by atoms with Gasteiger partial charge in [0, 0.05) is 29.7 Å². The molecule has 3 rings (SSSR count). The van der Waals surface area contributed by atoms with E-state index < -0.39 is 10.0 Å². The first-order valence-corrected chi connectivity index (χ1v) is 11.9. The summed E-state index contributed by atoms with van der Waals surface area (Å²) in [5.74, 6) is -0.0522. The van der Waals surface area contributed by atoms with Crippen LogP contribution < -0.4 is 9.46 Å². The third kappa shape index (κ3) is 5.14. The van der Waals surface area contributed by atoms with Gasteiger partial charge in [0.15, 0.2) is 0 Å². The Morgan fingerprint density at radius 1 is 1.20 bits per heavy atom. The van der Waals surface area contributed by atoms with Crippen molar-refractivity contribution in [3.8, 4) is 5.75 Å². The molecule has 0 unspecified atom stereocenters. The number of sulfonamides is 1. The number of nitrogens with one attached hydrogen (secondary N) is 1. The molecule has 1 saturated carbocycles. The topological polar surface area (TPSA) is 75.7 Å². The Balaban J connectivity index is 1.88. The monoisotopic (exact) mass is 450 g/mol. The molecule has 0 aliphatic heterocycles. The molecular formula is C22H27ClN2O4S. The van der Waals surface area contributed by atoms with Gasteiger partial charge in [-0.15, -0.1) is 0 Å². The molecule has 0 saturated heterocycles. The van der Waals surface area contributed by atoms with E-state index in [1.165, 1.54) is 19.2 Å². The van der Waals surface area contributed by atoms with Crippen molar-refractivity contribution < 1.29 is 17.9 Å².